The molecule has 4 rings (SSSR count). The first kappa shape index (κ1) is 17.5. The third kappa shape index (κ3) is 3.53. The Labute approximate surface area is 158 Å². The number of fused-ring (bicyclic) bond motifs is 1. The van der Waals surface area contributed by atoms with Crippen molar-refractivity contribution in [2.75, 3.05) is 32.1 Å². The number of carbonyl (C=O) groups is 1. The van der Waals surface area contributed by atoms with Crippen LogP contribution in [0.2, 0.25) is 0 Å². The molecule has 1 aliphatic heterocycles. The number of carbonyl (C=O) groups excluding carboxylic acids is 1. The Hall–Kier alpha value is -2.86. The number of nitrogens with zero attached hydrogens (tertiary/aromatic N) is 3. The SMILES string of the molecule is COCCn1c(C)cc2cc(NC(=O)N3CC(c4ccccn4)C3)ccc21. The molecule has 0 aliphatic carbocycles. The molecule has 0 saturated carbocycles. The summed E-state index contributed by atoms with van der Waals surface area (Å²) in [6.07, 6.45) is 1.80. The van der Waals surface area contributed by atoms with E-state index < -0.39 is 0 Å². The topological polar surface area (TPSA) is 59.4 Å². The van der Waals surface area contributed by atoms with Gasteiger partial charge in [-0.1, -0.05) is 6.07 Å². The zero-order valence-electron chi connectivity index (χ0n) is 15.7. The Kier molecular flexibility index (Phi) is 4.81. The number of benzene rings is 1. The minimum atomic E-state index is -0.0583. The van der Waals surface area contributed by atoms with E-state index in [9.17, 15) is 4.79 Å². The molecule has 140 valence electrons. The lowest BCUT2D eigenvalue weighted by molar-refractivity contribution is 0.162. The van der Waals surface area contributed by atoms with Crippen LogP contribution >= 0.6 is 0 Å². The molecule has 2 amide bonds. The Morgan fingerprint density at radius 3 is 2.85 bits per heavy atom. The van der Waals surface area contributed by atoms with E-state index >= 15 is 0 Å². The molecule has 1 saturated heterocycles. The second-order valence-corrected chi connectivity index (χ2v) is 6.99. The molecule has 2 aromatic heterocycles. The summed E-state index contributed by atoms with van der Waals surface area (Å²) in [5.74, 6) is 0.330. The van der Waals surface area contributed by atoms with Gasteiger partial charge < -0.3 is 19.5 Å². The van der Waals surface area contributed by atoms with E-state index in [-0.39, 0.29) is 6.03 Å². The van der Waals surface area contributed by atoms with Gasteiger partial charge in [-0.25, -0.2) is 4.79 Å². The van der Waals surface area contributed by atoms with Gasteiger partial charge in [0.25, 0.3) is 0 Å². The molecule has 1 fully saturated rings. The maximum Gasteiger partial charge on any atom is 0.321 e. The number of aromatic nitrogens is 2. The van der Waals surface area contributed by atoms with Crippen LogP contribution in [-0.4, -0.2) is 47.3 Å². The number of pyridine rings is 1. The number of likely N-dealkylation sites (tertiary alicyclic amines) is 1. The largest absolute Gasteiger partial charge is 0.383 e. The smallest absolute Gasteiger partial charge is 0.321 e. The first-order valence-electron chi connectivity index (χ1n) is 9.21. The van der Waals surface area contributed by atoms with Gasteiger partial charge in [0.15, 0.2) is 0 Å². The highest BCUT2D eigenvalue weighted by Crippen LogP contribution is 2.27. The summed E-state index contributed by atoms with van der Waals surface area (Å²) in [5.41, 5.74) is 4.21. The summed E-state index contributed by atoms with van der Waals surface area (Å²) in [6, 6.07) is 14.0. The van der Waals surface area contributed by atoms with Crippen molar-refractivity contribution in [3.05, 3.63) is 60.0 Å². The van der Waals surface area contributed by atoms with Gasteiger partial charge in [0.05, 0.1) is 6.61 Å². The van der Waals surface area contributed by atoms with Gasteiger partial charge in [0.1, 0.15) is 0 Å². The average Bonchev–Trinajstić information content (AvgIpc) is 2.94. The summed E-state index contributed by atoms with van der Waals surface area (Å²) in [5, 5.41) is 4.13. The number of ether oxygens (including phenoxy) is 1. The summed E-state index contributed by atoms with van der Waals surface area (Å²) in [4.78, 5) is 18.7. The highest BCUT2D eigenvalue weighted by atomic mass is 16.5. The normalized spacial score (nSPS) is 14.4. The van der Waals surface area contributed by atoms with E-state index in [0.717, 1.165) is 28.8 Å². The standard InChI is InChI=1S/C21H24N4O2/c1-15-11-16-12-18(6-7-20(16)25(15)9-10-27-2)23-21(26)24-13-17(14-24)19-5-3-4-8-22-19/h3-8,11-12,17H,9-10,13-14H2,1-2H3,(H,23,26). The van der Waals surface area contributed by atoms with Crippen LogP contribution < -0.4 is 5.32 Å². The number of nitrogens with one attached hydrogen (secondary N) is 1. The fraction of sp³-hybridized carbons (Fsp3) is 0.333. The number of methoxy groups -OCH3 is 1. The van der Waals surface area contributed by atoms with Crippen LogP contribution in [-0.2, 0) is 11.3 Å². The summed E-state index contributed by atoms with van der Waals surface area (Å²) in [6.45, 7) is 5.00. The third-order valence-corrected chi connectivity index (χ3v) is 5.15. The van der Waals surface area contributed by atoms with Crippen LogP contribution in [0.3, 0.4) is 0 Å². The van der Waals surface area contributed by atoms with Crippen molar-refractivity contribution in [2.45, 2.75) is 19.4 Å². The predicted octanol–water partition coefficient (Wildman–Crippen LogP) is 3.62. The summed E-state index contributed by atoms with van der Waals surface area (Å²) < 4.78 is 7.43. The quantitative estimate of drug-likeness (QED) is 0.752. The lowest BCUT2D eigenvalue weighted by Crippen LogP contribution is -2.50. The number of aryl methyl sites for hydroxylation is 1. The molecule has 6 nitrogen and oxygen atoms in total. The van der Waals surface area contributed by atoms with Gasteiger partial charge in [0.2, 0.25) is 0 Å². The second kappa shape index (κ2) is 7.40. The average molecular weight is 364 g/mol. The molecule has 0 bridgehead atoms. The first-order chi connectivity index (χ1) is 13.2. The van der Waals surface area contributed by atoms with Crippen molar-refractivity contribution in [1.29, 1.82) is 0 Å². The van der Waals surface area contributed by atoms with Crippen molar-refractivity contribution in [3.63, 3.8) is 0 Å². The predicted molar refractivity (Wildman–Crippen MR) is 106 cm³/mol. The second-order valence-electron chi connectivity index (χ2n) is 6.99. The fourth-order valence-electron chi connectivity index (χ4n) is 3.62. The van der Waals surface area contributed by atoms with E-state index in [4.69, 9.17) is 4.74 Å². The van der Waals surface area contributed by atoms with E-state index in [2.05, 4.69) is 33.9 Å². The van der Waals surface area contributed by atoms with Crippen molar-refractivity contribution in [3.8, 4) is 0 Å². The zero-order chi connectivity index (χ0) is 18.8. The van der Waals surface area contributed by atoms with Gasteiger partial charge in [0, 0.05) is 66.8 Å². The van der Waals surface area contributed by atoms with Gasteiger partial charge in [-0.3, -0.25) is 4.98 Å². The van der Waals surface area contributed by atoms with Gasteiger partial charge in [-0.15, -0.1) is 0 Å². The van der Waals surface area contributed by atoms with Crippen LogP contribution in [0.25, 0.3) is 10.9 Å². The van der Waals surface area contributed by atoms with E-state index in [1.54, 1.807) is 13.3 Å². The highest BCUT2D eigenvalue weighted by molar-refractivity contribution is 5.93. The molecule has 1 aliphatic rings. The van der Waals surface area contributed by atoms with Gasteiger partial charge >= 0.3 is 6.03 Å². The first-order valence-corrected chi connectivity index (χ1v) is 9.21. The van der Waals surface area contributed by atoms with Crippen LogP contribution in [0.4, 0.5) is 10.5 Å². The van der Waals surface area contributed by atoms with Gasteiger partial charge in [-0.2, -0.15) is 0 Å². The van der Waals surface area contributed by atoms with E-state index in [1.807, 2.05) is 35.2 Å². The molecule has 3 heterocycles. The highest BCUT2D eigenvalue weighted by Gasteiger charge is 2.32. The number of anilines is 1. The molecule has 1 N–H and O–H groups in total. The maximum atomic E-state index is 12.5. The molecule has 6 heteroatoms. The molecule has 27 heavy (non-hydrogen) atoms. The molecule has 0 atom stereocenters. The molecular weight excluding hydrogens is 340 g/mol. The lowest BCUT2D eigenvalue weighted by Gasteiger charge is -2.38. The van der Waals surface area contributed by atoms with Crippen molar-refractivity contribution in [1.82, 2.24) is 14.5 Å². The number of rotatable bonds is 5. The van der Waals surface area contributed by atoms with Crippen LogP contribution in [0.15, 0.2) is 48.7 Å². The van der Waals surface area contributed by atoms with Crippen LogP contribution in [0.5, 0.6) is 0 Å². The van der Waals surface area contributed by atoms with Crippen LogP contribution in [0, 0.1) is 6.92 Å². The summed E-state index contributed by atoms with van der Waals surface area (Å²) >= 11 is 0. The van der Waals surface area contributed by atoms with Crippen molar-refractivity contribution in [2.24, 2.45) is 0 Å². The molecule has 0 unspecified atom stereocenters. The zero-order valence-corrected chi connectivity index (χ0v) is 15.7. The van der Waals surface area contributed by atoms with E-state index in [1.165, 1.54) is 5.69 Å². The van der Waals surface area contributed by atoms with Gasteiger partial charge in [-0.05, 0) is 43.3 Å². The Balaban J connectivity index is 1.41. The van der Waals surface area contributed by atoms with Crippen molar-refractivity contribution < 1.29 is 9.53 Å². The lowest BCUT2D eigenvalue weighted by atomic mass is 9.96. The molecular formula is C21H24N4O2. The maximum absolute atomic E-state index is 12.5. The number of amides is 2. The Morgan fingerprint density at radius 2 is 2.11 bits per heavy atom. The minimum Gasteiger partial charge on any atom is -0.383 e. The van der Waals surface area contributed by atoms with Crippen LogP contribution in [0.1, 0.15) is 17.3 Å². The monoisotopic (exact) mass is 364 g/mol. The minimum absolute atomic E-state index is 0.0583. The number of urea groups is 1. The molecule has 0 radical (unpaired) electrons. The Bertz CT molecular complexity index is 945. The Morgan fingerprint density at radius 1 is 1.26 bits per heavy atom. The molecule has 0 spiro atoms. The molecule has 1 aromatic carbocycles. The summed E-state index contributed by atoms with van der Waals surface area (Å²) in [7, 11) is 1.71. The number of hydrogen-bond acceptors (Lipinski definition) is 3. The number of hydrogen-bond donors (Lipinski definition) is 1. The molecule has 3 aromatic rings. The van der Waals surface area contributed by atoms with Crippen molar-refractivity contribution >= 4 is 22.6 Å². The third-order valence-electron chi connectivity index (χ3n) is 5.15. The van der Waals surface area contributed by atoms with E-state index in [0.29, 0.717) is 25.6 Å². The fourth-order valence-corrected chi connectivity index (χ4v) is 3.62.